The molecule has 2 nitrogen and oxygen atoms in total. The Morgan fingerprint density at radius 2 is 2.18 bits per heavy atom. The molecule has 0 N–H and O–H groups in total. The molecule has 0 spiro atoms. The predicted molar refractivity (Wildman–Crippen MR) is 77.0 cm³/mol. The summed E-state index contributed by atoms with van der Waals surface area (Å²) in [7, 11) is 1.85. The number of carbonyl (C=O) groups excluding carboxylic acids is 1. The van der Waals surface area contributed by atoms with Gasteiger partial charge in [0.15, 0.2) is 0 Å². The Bertz CT molecular complexity index is 447. The summed E-state index contributed by atoms with van der Waals surface area (Å²) in [5.74, 6) is 0.188. The Kier molecular flexibility index (Phi) is 4.29. The minimum atomic E-state index is 0.00481. The van der Waals surface area contributed by atoms with Crippen LogP contribution in [0.1, 0.15) is 6.42 Å². The maximum Gasteiger partial charge on any atom is 0.240 e. The van der Waals surface area contributed by atoms with E-state index in [9.17, 15) is 4.79 Å². The fourth-order valence-electron chi connectivity index (χ4n) is 1.80. The summed E-state index contributed by atoms with van der Waals surface area (Å²) >= 11 is 5.00. The molecule has 1 aromatic carbocycles. The van der Waals surface area contributed by atoms with E-state index in [1.165, 1.54) is 4.90 Å². The second-order valence-electron chi connectivity index (χ2n) is 3.83. The van der Waals surface area contributed by atoms with Gasteiger partial charge in [0, 0.05) is 17.3 Å². The first kappa shape index (κ1) is 12.7. The van der Waals surface area contributed by atoms with Gasteiger partial charge >= 0.3 is 0 Å². The molecule has 1 unspecified atom stereocenters. The number of rotatable bonds is 3. The van der Waals surface area contributed by atoms with Gasteiger partial charge in [-0.2, -0.15) is 0 Å². The average molecular weight is 312 g/mol. The van der Waals surface area contributed by atoms with Crippen LogP contribution >= 0.6 is 27.7 Å². The molecule has 0 saturated carbocycles. The van der Waals surface area contributed by atoms with Crippen LogP contribution < -0.4 is 4.90 Å². The monoisotopic (exact) mass is 311 g/mol. The minimum Gasteiger partial charge on any atom is -0.313 e. The van der Waals surface area contributed by atoms with Gasteiger partial charge in [0.2, 0.25) is 5.91 Å². The van der Waals surface area contributed by atoms with Crippen molar-refractivity contribution in [1.82, 2.24) is 0 Å². The van der Waals surface area contributed by atoms with Crippen LogP contribution in [0.25, 0.3) is 0 Å². The molecule has 0 saturated heterocycles. The topological polar surface area (TPSA) is 20.3 Å². The molecular formula is C13H14BrNOS. The summed E-state index contributed by atoms with van der Waals surface area (Å²) < 4.78 is 0. The Hall–Kier alpha value is -0.740. The molecule has 0 fully saturated rings. The van der Waals surface area contributed by atoms with E-state index in [0.717, 1.165) is 17.4 Å². The van der Waals surface area contributed by atoms with Crippen molar-refractivity contribution < 1.29 is 4.79 Å². The minimum absolute atomic E-state index is 0.00481. The van der Waals surface area contributed by atoms with Crippen LogP contribution in [0.5, 0.6) is 0 Å². The van der Waals surface area contributed by atoms with Gasteiger partial charge in [0.1, 0.15) is 0 Å². The van der Waals surface area contributed by atoms with Gasteiger partial charge in [-0.1, -0.05) is 40.2 Å². The average Bonchev–Trinajstić information content (AvgIpc) is 2.35. The van der Waals surface area contributed by atoms with Gasteiger partial charge in [0.25, 0.3) is 0 Å². The molecule has 0 aromatic heterocycles. The van der Waals surface area contributed by atoms with E-state index in [1.807, 2.05) is 31.3 Å². The van der Waals surface area contributed by atoms with E-state index in [2.05, 4.69) is 28.1 Å². The number of benzene rings is 1. The number of hydrogen-bond donors (Lipinski definition) is 0. The predicted octanol–water partition coefficient (Wildman–Crippen LogP) is 3.46. The lowest BCUT2D eigenvalue weighted by atomic mass is 10.2. The lowest BCUT2D eigenvalue weighted by Crippen LogP contribution is -2.37. The Morgan fingerprint density at radius 1 is 1.41 bits per heavy atom. The third-order valence-corrected chi connectivity index (χ3v) is 4.36. The van der Waals surface area contributed by atoms with Crippen LogP contribution in [0.4, 0.5) is 5.69 Å². The molecule has 1 atom stereocenters. The molecule has 0 radical (unpaired) electrons. The summed E-state index contributed by atoms with van der Waals surface area (Å²) in [6, 6.07) is 8.05. The number of amides is 1. The van der Waals surface area contributed by atoms with E-state index >= 15 is 0 Å². The number of para-hydroxylation sites is 1. The molecule has 1 amide bonds. The summed E-state index contributed by atoms with van der Waals surface area (Å²) in [5.41, 5.74) is 1.02. The van der Waals surface area contributed by atoms with Crippen LogP contribution in [0, 0.1) is 0 Å². The number of halogens is 1. The van der Waals surface area contributed by atoms with Gasteiger partial charge in [-0.3, -0.25) is 4.79 Å². The van der Waals surface area contributed by atoms with Crippen molar-refractivity contribution in [3.05, 3.63) is 36.4 Å². The highest BCUT2D eigenvalue weighted by Crippen LogP contribution is 2.39. The fourth-order valence-corrected chi connectivity index (χ4v) is 3.32. The van der Waals surface area contributed by atoms with E-state index < -0.39 is 0 Å². The van der Waals surface area contributed by atoms with Crippen molar-refractivity contribution >= 4 is 39.3 Å². The van der Waals surface area contributed by atoms with Crippen molar-refractivity contribution in [2.75, 3.05) is 17.3 Å². The number of anilines is 1. The van der Waals surface area contributed by atoms with Crippen LogP contribution in [0.15, 0.2) is 41.3 Å². The molecule has 2 rings (SSSR count). The summed E-state index contributed by atoms with van der Waals surface area (Å²) in [5, 5.41) is 0.843. The zero-order chi connectivity index (χ0) is 12.3. The van der Waals surface area contributed by atoms with Crippen LogP contribution in [0.2, 0.25) is 0 Å². The zero-order valence-corrected chi connectivity index (χ0v) is 12.0. The first-order valence-electron chi connectivity index (χ1n) is 5.48. The molecule has 90 valence electrons. The van der Waals surface area contributed by atoms with Gasteiger partial charge < -0.3 is 4.90 Å². The standard InChI is InChI=1S/C13H14BrNOS/c1-15-10-6-2-3-7-11(10)17-12(13(15)16)8-4-5-9-14/h2-7,12H,8-9H2,1H3/b5-4-. The largest absolute Gasteiger partial charge is 0.313 e. The number of thioether (sulfide) groups is 1. The number of nitrogens with zero attached hydrogens (tertiary/aromatic N) is 1. The molecule has 1 aliphatic rings. The second-order valence-corrected chi connectivity index (χ2v) is 5.72. The molecular weight excluding hydrogens is 298 g/mol. The molecule has 0 aliphatic carbocycles. The first-order chi connectivity index (χ1) is 8.24. The van der Waals surface area contributed by atoms with Crippen molar-refractivity contribution in [2.24, 2.45) is 0 Å². The van der Waals surface area contributed by atoms with Crippen molar-refractivity contribution in [3.63, 3.8) is 0 Å². The molecule has 1 heterocycles. The number of alkyl halides is 1. The van der Waals surface area contributed by atoms with E-state index in [4.69, 9.17) is 0 Å². The molecule has 1 aromatic rings. The van der Waals surface area contributed by atoms with E-state index in [-0.39, 0.29) is 11.2 Å². The van der Waals surface area contributed by atoms with Gasteiger partial charge in [-0.05, 0) is 18.6 Å². The lowest BCUT2D eigenvalue weighted by molar-refractivity contribution is -0.117. The van der Waals surface area contributed by atoms with Gasteiger partial charge in [-0.15, -0.1) is 11.8 Å². The SMILES string of the molecule is CN1C(=O)C(C/C=C\CBr)Sc2ccccc21. The summed E-state index contributed by atoms with van der Waals surface area (Å²) in [6.07, 6.45) is 4.88. The Morgan fingerprint density at radius 3 is 2.94 bits per heavy atom. The van der Waals surface area contributed by atoms with Crippen LogP contribution in [-0.2, 0) is 4.79 Å². The molecule has 0 bridgehead atoms. The maximum absolute atomic E-state index is 12.1. The molecule has 1 aliphatic heterocycles. The number of allylic oxidation sites excluding steroid dienone is 2. The Balaban J connectivity index is 2.19. The van der Waals surface area contributed by atoms with Gasteiger partial charge in [0.05, 0.1) is 10.9 Å². The second kappa shape index (κ2) is 5.74. The summed E-state index contributed by atoms with van der Waals surface area (Å²) in [4.78, 5) is 15.1. The maximum atomic E-state index is 12.1. The third kappa shape index (κ3) is 2.75. The van der Waals surface area contributed by atoms with Crippen LogP contribution in [0.3, 0.4) is 0 Å². The van der Waals surface area contributed by atoms with Crippen LogP contribution in [-0.4, -0.2) is 23.5 Å². The zero-order valence-electron chi connectivity index (χ0n) is 9.60. The number of carbonyl (C=O) groups is 1. The highest BCUT2D eigenvalue weighted by atomic mass is 79.9. The molecule has 17 heavy (non-hydrogen) atoms. The number of fused-ring (bicyclic) bond motifs is 1. The highest BCUT2D eigenvalue weighted by Gasteiger charge is 2.29. The normalized spacial score (nSPS) is 19.8. The first-order valence-corrected chi connectivity index (χ1v) is 7.48. The quantitative estimate of drug-likeness (QED) is 0.629. The molecule has 4 heteroatoms. The Labute approximate surface area is 114 Å². The van der Waals surface area contributed by atoms with E-state index in [1.54, 1.807) is 16.7 Å². The van der Waals surface area contributed by atoms with Gasteiger partial charge in [-0.25, -0.2) is 0 Å². The number of hydrogen-bond acceptors (Lipinski definition) is 2. The summed E-state index contributed by atoms with van der Waals surface area (Å²) in [6.45, 7) is 0. The lowest BCUT2D eigenvalue weighted by Gasteiger charge is -2.30. The van der Waals surface area contributed by atoms with Crippen molar-refractivity contribution in [1.29, 1.82) is 0 Å². The van der Waals surface area contributed by atoms with E-state index in [0.29, 0.717) is 0 Å². The highest BCUT2D eigenvalue weighted by molar-refractivity contribution is 9.09. The van der Waals surface area contributed by atoms with Crippen molar-refractivity contribution in [3.8, 4) is 0 Å². The third-order valence-electron chi connectivity index (χ3n) is 2.71. The fraction of sp³-hybridized carbons (Fsp3) is 0.308. The smallest absolute Gasteiger partial charge is 0.240 e. The van der Waals surface area contributed by atoms with Crippen molar-refractivity contribution in [2.45, 2.75) is 16.6 Å².